The number of nitrogens with zero attached hydrogens (tertiary/aromatic N) is 4. The lowest BCUT2D eigenvalue weighted by Crippen LogP contribution is -3.00. The summed E-state index contributed by atoms with van der Waals surface area (Å²) < 4.78 is 0. The van der Waals surface area contributed by atoms with Gasteiger partial charge in [0.05, 0.1) is 0 Å². The maximum absolute atomic E-state index is 9.59. The molecule has 3 rings (SSSR count). The van der Waals surface area contributed by atoms with Gasteiger partial charge < -0.3 is 17.5 Å². The minimum absolute atomic E-state index is 0. The number of aromatic hydroxyl groups is 1. The van der Waals surface area contributed by atoms with Crippen molar-refractivity contribution in [3.05, 3.63) is 52.8 Å². The van der Waals surface area contributed by atoms with E-state index >= 15 is 0 Å². The van der Waals surface area contributed by atoms with Crippen LogP contribution in [0.1, 0.15) is 22.3 Å². The number of H-pyrrole nitrogens is 1. The molecule has 0 saturated heterocycles. The van der Waals surface area contributed by atoms with Gasteiger partial charge >= 0.3 is 0 Å². The van der Waals surface area contributed by atoms with Crippen LogP contribution in [0.2, 0.25) is 0 Å². The molecular weight excluding hydrogens is 314 g/mol. The second-order valence-corrected chi connectivity index (χ2v) is 5.07. The van der Waals surface area contributed by atoms with E-state index in [0.717, 1.165) is 27.8 Å². The minimum atomic E-state index is 0. The molecule has 0 fully saturated rings. The number of hydrogen-bond donors (Lipinski definition) is 2. The third-order valence-corrected chi connectivity index (χ3v) is 3.38. The van der Waals surface area contributed by atoms with Crippen molar-refractivity contribution in [3.63, 3.8) is 0 Å². The highest BCUT2D eigenvalue weighted by Gasteiger charge is 2.04. The van der Waals surface area contributed by atoms with E-state index in [1.54, 1.807) is 24.5 Å². The highest BCUT2D eigenvalue weighted by atomic mass is 35.5. The van der Waals surface area contributed by atoms with Gasteiger partial charge in [-0.25, -0.2) is 0 Å². The number of phenols is 1. The molecule has 1 aromatic carbocycles. The first-order chi connectivity index (χ1) is 10.6. The number of pyridine rings is 1. The van der Waals surface area contributed by atoms with Gasteiger partial charge in [0.2, 0.25) is 5.82 Å². The predicted molar refractivity (Wildman–Crippen MR) is 83.9 cm³/mol. The maximum Gasteiger partial charge on any atom is 0.206 e. The van der Waals surface area contributed by atoms with Crippen molar-refractivity contribution in [2.75, 3.05) is 0 Å². The van der Waals surface area contributed by atoms with Gasteiger partial charge in [-0.3, -0.25) is 4.98 Å². The summed E-state index contributed by atoms with van der Waals surface area (Å²) in [7, 11) is 0. The second kappa shape index (κ2) is 7.02. The van der Waals surface area contributed by atoms with Crippen LogP contribution in [0.4, 0.5) is 0 Å². The Morgan fingerprint density at radius 3 is 2.43 bits per heavy atom. The monoisotopic (exact) mass is 328 g/mol. The van der Waals surface area contributed by atoms with Gasteiger partial charge in [0.1, 0.15) is 5.75 Å². The number of nitrogens with one attached hydrogen (secondary N) is 1. The van der Waals surface area contributed by atoms with Gasteiger partial charge in [0.25, 0.3) is 0 Å². The fraction of sp³-hybridized carbons (Fsp3) is 0.125. The first-order valence-electron chi connectivity index (χ1n) is 6.80. The Bertz CT molecular complexity index is 807. The van der Waals surface area contributed by atoms with Crippen LogP contribution in [0, 0.1) is 13.8 Å². The average Bonchev–Trinajstić information content (AvgIpc) is 3.00. The van der Waals surface area contributed by atoms with Crippen molar-refractivity contribution in [2.45, 2.75) is 13.8 Å². The summed E-state index contributed by atoms with van der Waals surface area (Å²) in [5.74, 6) is 0.799. The second-order valence-electron chi connectivity index (χ2n) is 5.07. The van der Waals surface area contributed by atoms with Gasteiger partial charge in [-0.1, -0.05) is 12.2 Å². The molecule has 0 amide bonds. The van der Waals surface area contributed by atoms with Gasteiger partial charge in [-0.2, -0.15) is 5.21 Å². The number of aromatic nitrogens is 5. The van der Waals surface area contributed by atoms with E-state index in [2.05, 4.69) is 25.6 Å². The zero-order valence-electron chi connectivity index (χ0n) is 12.7. The zero-order chi connectivity index (χ0) is 15.5. The van der Waals surface area contributed by atoms with E-state index in [-0.39, 0.29) is 18.2 Å². The SMILES string of the molecule is Cc1cc(O)cc(C)c1/C=C/c1cncc(-c2nn[nH]n2)c1.[Cl-]. The Morgan fingerprint density at radius 1 is 1.04 bits per heavy atom. The van der Waals surface area contributed by atoms with Gasteiger partial charge in [0.15, 0.2) is 0 Å². The summed E-state index contributed by atoms with van der Waals surface area (Å²) in [6.07, 6.45) is 7.45. The van der Waals surface area contributed by atoms with Gasteiger partial charge in [-0.05, 0) is 59.5 Å². The molecule has 0 radical (unpaired) electrons. The largest absolute Gasteiger partial charge is 1.00 e. The third kappa shape index (κ3) is 3.73. The number of aryl methyl sites for hydroxylation is 2. The zero-order valence-corrected chi connectivity index (χ0v) is 13.4. The number of phenolic OH excluding ortho intramolecular Hbond substituents is 1. The first kappa shape index (κ1) is 16.6. The Morgan fingerprint density at radius 2 is 1.78 bits per heavy atom. The molecule has 0 saturated carbocycles. The van der Waals surface area contributed by atoms with E-state index in [1.165, 1.54) is 0 Å². The fourth-order valence-corrected chi connectivity index (χ4v) is 2.35. The molecule has 0 spiro atoms. The molecule has 23 heavy (non-hydrogen) atoms. The minimum Gasteiger partial charge on any atom is -1.00 e. The molecule has 0 atom stereocenters. The highest BCUT2D eigenvalue weighted by Crippen LogP contribution is 2.23. The summed E-state index contributed by atoms with van der Waals surface area (Å²) in [4.78, 5) is 4.20. The molecule has 3 aromatic rings. The van der Waals surface area contributed by atoms with Gasteiger partial charge in [0, 0.05) is 18.0 Å². The molecule has 2 heterocycles. The summed E-state index contributed by atoms with van der Waals surface area (Å²) in [6, 6.07) is 5.45. The van der Waals surface area contributed by atoms with Crippen LogP contribution in [0.3, 0.4) is 0 Å². The standard InChI is InChI=1S/C16H15N5O.ClH/c1-10-5-14(22)6-11(2)15(10)4-3-12-7-13(9-17-8-12)16-18-20-21-19-16;/h3-9,22H,1-2H3,(H,18,19,20,21);1H/p-1/b4-3+;. The first-order valence-corrected chi connectivity index (χ1v) is 6.80. The molecule has 7 heteroatoms. The van der Waals surface area contributed by atoms with Crippen molar-refractivity contribution >= 4 is 12.2 Å². The van der Waals surface area contributed by atoms with Crippen LogP contribution in [-0.2, 0) is 0 Å². The number of tetrazole rings is 1. The number of halogens is 1. The molecule has 118 valence electrons. The molecule has 0 aliphatic rings. The third-order valence-electron chi connectivity index (χ3n) is 3.38. The summed E-state index contributed by atoms with van der Waals surface area (Å²) in [5.41, 5.74) is 4.87. The van der Waals surface area contributed by atoms with Crippen LogP contribution in [0.5, 0.6) is 5.75 Å². The van der Waals surface area contributed by atoms with Crippen molar-refractivity contribution in [1.82, 2.24) is 25.6 Å². The molecule has 0 aliphatic heterocycles. The Hall–Kier alpha value is -2.73. The van der Waals surface area contributed by atoms with Gasteiger partial charge in [-0.15, -0.1) is 10.2 Å². The van der Waals surface area contributed by atoms with E-state index in [9.17, 15) is 5.11 Å². The predicted octanol–water partition coefficient (Wildman–Crippen LogP) is -0.241. The van der Waals surface area contributed by atoms with Crippen LogP contribution in [0.15, 0.2) is 30.6 Å². The fourth-order valence-electron chi connectivity index (χ4n) is 2.35. The van der Waals surface area contributed by atoms with Crippen molar-refractivity contribution in [1.29, 1.82) is 0 Å². The summed E-state index contributed by atoms with van der Waals surface area (Å²) in [6.45, 7) is 3.95. The maximum atomic E-state index is 9.59. The van der Waals surface area contributed by atoms with Crippen molar-refractivity contribution in [2.24, 2.45) is 0 Å². The average molecular weight is 329 g/mol. The van der Waals surface area contributed by atoms with E-state index < -0.39 is 0 Å². The molecule has 2 N–H and O–H groups in total. The number of aromatic amines is 1. The Kier molecular flexibility index (Phi) is 5.08. The van der Waals surface area contributed by atoms with Crippen molar-refractivity contribution in [3.8, 4) is 17.1 Å². The Labute approximate surface area is 139 Å². The highest BCUT2D eigenvalue weighted by molar-refractivity contribution is 5.74. The lowest BCUT2D eigenvalue weighted by atomic mass is 10.0. The normalized spacial score (nSPS) is 10.7. The van der Waals surface area contributed by atoms with Crippen molar-refractivity contribution < 1.29 is 17.5 Å². The lowest BCUT2D eigenvalue weighted by Gasteiger charge is -2.06. The molecular formula is C16H15ClN5O-. The summed E-state index contributed by atoms with van der Waals surface area (Å²) in [5, 5.41) is 23.5. The summed E-state index contributed by atoms with van der Waals surface area (Å²) >= 11 is 0. The quantitative estimate of drug-likeness (QED) is 0.693. The number of hydrogen-bond acceptors (Lipinski definition) is 5. The van der Waals surface area contributed by atoms with E-state index in [4.69, 9.17) is 0 Å². The smallest absolute Gasteiger partial charge is 0.206 e. The molecule has 0 bridgehead atoms. The van der Waals surface area contributed by atoms with Crippen LogP contribution in [-0.4, -0.2) is 30.7 Å². The molecule has 0 unspecified atom stereocenters. The van der Waals surface area contributed by atoms with Crippen LogP contribution < -0.4 is 12.4 Å². The van der Waals surface area contributed by atoms with Crippen LogP contribution in [0.25, 0.3) is 23.5 Å². The van der Waals surface area contributed by atoms with Crippen LogP contribution >= 0.6 is 0 Å². The Balaban J connectivity index is 0.00000192. The number of benzene rings is 1. The molecule has 2 aromatic heterocycles. The molecule has 0 aliphatic carbocycles. The lowest BCUT2D eigenvalue weighted by molar-refractivity contribution is -0.00000582. The van der Waals surface area contributed by atoms with E-state index in [1.807, 2.05) is 32.1 Å². The topological polar surface area (TPSA) is 87.6 Å². The van der Waals surface area contributed by atoms with E-state index in [0.29, 0.717) is 5.82 Å². The number of rotatable bonds is 3. The molecule has 6 nitrogen and oxygen atoms in total.